The molecule has 0 bridgehead atoms. The van der Waals surface area contributed by atoms with Crippen LogP contribution in [0, 0.1) is 0 Å². The highest BCUT2D eigenvalue weighted by Crippen LogP contribution is 1.96. The minimum Gasteiger partial charge on any atom is -0.316 e. The molecule has 0 aromatic rings. The molecule has 2 nitrogen and oxygen atoms in total. The van der Waals surface area contributed by atoms with E-state index in [-0.39, 0.29) is 0 Å². The van der Waals surface area contributed by atoms with E-state index in [9.17, 15) is 0 Å². The number of thioether (sulfide) groups is 1. The number of hydrogen-bond donors (Lipinski definition) is 2. The van der Waals surface area contributed by atoms with Crippen molar-refractivity contribution in [1.82, 2.24) is 10.6 Å². The molecule has 0 aromatic carbocycles. The normalized spacial score (nSPS) is 10.8. The zero-order valence-corrected chi connectivity index (χ0v) is 11.3. The molecule has 0 spiro atoms. The van der Waals surface area contributed by atoms with E-state index in [4.69, 9.17) is 0 Å². The smallest absolute Gasteiger partial charge is 0.00585 e. The van der Waals surface area contributed by atoms with Crippen molar-refractivity contribution >= 4 is 11.8 Å². The lowest BCUT2D eigenvalue weighted by Gasteiger charge is -2.05. The van der Waals surface area contributed by atoms with Crippen LogP contribution in [0.15, 0.2) is 0 Å². The summed E-state index contributed by atoms with van der Waals surface area (Å²) in [7, 11) is 0. The zero-order chi connectivity index (χ0) is 11.2. The van der Waals surface area contributed by atoms with Crippen molar-refractivity contribution in [3.63, 3.8) is 0 Å². The molecule has 0 amide bonds. The highest BCUT2D eigenvalue weighted by molar-refractivity contribution is 7.99. The SMILES string of the molecule is CCCCNCCSCCNCCCC. The lowest BCUT2D eigenvalue weighted by atomic mass is 10.3. The van der Waals surface area contributed by atoms with E-state index in [1.807, 2.05) is 11.8 Å². The number of rotatable bonds is 12. The Balaban J connectivity index is 2.81. The van der Waals surface area contributed by atoms with Gasteiger partial charge in [0.05, 0.1) is 0 Å². The van der Waals surface area contributed by atoms with Gasteiger partial charge in [-0.3, -0.25) is 0 Å². The van der Waals surface area contributed by atoms with Gasteiger partial charge in [0.1, 0.15) is 0 Å². The number of hydrogen-bond acceptors (Lipinski definition) is 3. The third-order valence-corrected chi connectivity index (χ3v) is 3.25. The van der Waals surface area contributed by atoms with Crippen molar-refractivity contribution in [2.75, 3.05) is 37.7 Å². The standard InChI is InChI=1S/C12H28N2S/c1-3-5-7-13-9-11-15-12-10-14-8-6-4-2/h13-14H,3-12H2,1-2H3. The summed E-state index contributed by atoms with van der Waals surface area (Å²) in [6, 6.07) is 0. The molecule has 0 atom stereocenters. The van der Waals surface area contributed by atoms with Crippen LogP contribution in [-0.4, -0.2) is 37.7 Å². The maximum absolute atomic E-state index is 3.46. The van der Waals surface area contributed by atoms with Crippen molar-refractivity contribution in [2.24, 2.45) is 0 Å². The Bertz CT molecular complexity index is 97.8. The molecule has 0 fully saturated rings. The second-order valence-electron chi connectivity index (χ2n) is 3.82. The second-order valence-corrected chi connectivity index (χ2v) is 5.04. The van der Waals surface area contributed by atoms with Crippen LogP contribution >= 0.6 is 11.8 Å². The minimum atomic E-state index is 1.17. The molecule has 15 heavy (non-hydrogen) atoms. The Morgan fingerprint density at radius 3 is 1.60 bits per heavy atom. The Kier molecular flexibility index (Phi) is 14.5. The van der Waals surface area contributed by atoms with E-state index in [0.717, 1.165) is 0 Å². The predicted octanol–water partition coefficient (Wildman–Crippen LogP) is 2.50. The fourth-order valence-corrected chi connectivity index (χ4v) is 2.03. The molecule has 0 aliphatic rings. The van der Waals surface area contributed by atoms with E-state index >= 15 is 0 Å². The molecule has 3 heteroatoms. The van der Waals surface area contributed by atoms with Gasteiger partial charge >= 0.3 is 0 Å². The van der Waals surface area contributed by atoms with Gasteiger partial charge in [-0.1, -0.05) is 26.7 Å². The van der Waals surface area contributed by atoms with Crippen LogP contribution in [0.25, 0.3) is 0 Å². The Morgan fingerprint density at radius 1 is 0.733 bits per heavy atom. The molecule has 92 valence electrons. The first-order valence-electron chi connectivity index (χ1n) is 6.41. The lowest BCUT2D eigenvalue weighted by Crippen LogP contribution is -2.21. The molecular formula is C12H28N2S. The van der Waals surface area contributed by atoms with Crippen LogP contribution in [0.4, 0.5) is 0 Å². The van der Waals surface area contributed by atoms with Crippen LogP contribution in [0.1, 0.15) is 39.5 Å². The van der Waals surface area contributed by atoms with Crippen LogP contribution in [-0.2, 0) is 0 Å². The summed E-state index contributed by atoms with van der Waals surface area (Å²) in [6.45, 7) is 9.17. The quantitative estimate of drug-likeness (QED) is 0.506. The Morgan fingerprint density at radius 2 is 1.20 bits per heavy atom. The molecule has 0 radical (unpaired) electrons. The van der Waals surface area contributed by atoms with Crippen LogP contribution < -0.4 is 10.6 Å². The monoisotopic (exact) mass is 232 g/mol. The molecule has 0 saturated carbocycles. The third-order valence-electron chi connectivity index (χ3n) is 2.26. The van der Waals surface area contributed by atoms with Crippen LogP contribution in [0.2, 0.25) is 0 Å². The average molecular weight is 232 g/mol. The third kappa shape index (κ3) is 14.3. The molecule has 0 aliphatic carbocycles. The Hall–Kier alpha value is 0.270. The van der Waals surface area contributed by atoms with E-state index in [1.165, 1.54) is 63.4 Å². The van der Waals surface area contributed by atoms with Gasteiger partial charge in [-0.25, -0.2) is 0 Å². The minimum absolute atomic E-state index is 1.17. The molecular weight excluding hydrogens is 204 g/mol. The van der Waals surface area contributed by atoms with Gasteiger partial charge < -0.3 is 10.6 Å². The molecule has 0 saturated heterocycles. The topological polar surface area (TPSA) is 24.1 Å². The van der Waals surface area contributed by atoms with Gasteiger partial charge in [0.25, 0.3) is 0 Å². The van der Waals surface area contributed by atoms with Gasteiger partial charge in [0, 0.05) is 24.6 Å². The van der Waals surface area contributed by atoms with Crippen molar-refractivity contribution < 1.29 is 0 Å². The van der Waals surface area contributed by atoms with E-state index in [0.29, 0.717) is 0 Å². The first kappa shape index (κ1) is 15.3. The Labute approximate surface area is 100.0 Å². The summed E-state index contributed by atoms with van der Waals surface area (Å²) in [5.74, 6) is 2.50. The molecule has 0 heterocycles. The average Bonchev–Trinajstić information content (AvgIpc) is 2.26. The second kappa shape index (κ2) is 14.3. The lowest BCUT2D eigenvalue weighted by molar-refractivity contribution is 0.662. The maximum Gasteiger partial charge on any atom is 0.00585 e. The molecule has 0 aromatic heterocycles. The van der Waals surface area contributed by atoms with Gasteiger partial charge in [0.15, 0.2) is 0 Å². The summed E-state index contributed by atoms with van der Waals surface area (Å²) in [5.41, 5.74) is 0. The zero-order valence-electron chi connectivity index (χ0n) is 10.5. The van der Waals surface area contributed by atoms with Crippen molar-refractivity contribution in [3.8, 4) is 0 Å². The summed E-state index contributed by atoms with van der Waals surface area (Å²) in [6.07, 6.45) is 5.20. The van der Waals surface area contributed by atoms with Crippen LogP contribution in [0.5, 0.6) is 0 Å². The van der Waals surface area contributed by atoms with Gasteiger partial charge in [0.2, 0.25) is 0 Å². The largest absolute Gasteiger partial charge is 0.316 e. The van der Waals surface area contributed by atoms with Gasteiger partial charge in [-0.05, 0) is 25.9 Å². The van der Waals surface area contributed by atoms with Crippen molar-refractivity contribution in [2.45, 2.75) is 39.5 Å². The summed E-state index contributed by atoms with van der Waals surface area (Å²) >= 11 is 2.04. The first-order chi connectivity index (χ1) is 7.41. The molecule has 0 rings (SSSR count). The summed E-state index contributed by atoms with van der Waals surface area (Å²) in [5, 5.41) is 6.91. The number of nitrogens with one attached hydrogen (secondary N) is 2. The summed E-state index contributed by atoms with van der Waals surface area (Å²) in [4.78, 5) is 0. The van der Waals surface area contributed by atoms with E-state index in [1.54, 1.807) is 0 Å². The van der Waals surface area contributed by atoms with Gasteiger partial charge in [-0.2, -0.15) is 11.8 Å². The van der Waals surface area contributed by atoms with E-state index < -0.39 is 0 Å². The van der Waals surface area contributed by atoms with Crippen molar-refractivity contribution in [1.29, 1.82) is 0 Å². The fourth-order valence-electron chi connectivity index (χ4n) is 1.24. The van der Waals surface area contributed by atoms with Crippen molar-refractivity contribution in [3.05, 3.63) is 0 Å². The first-order valence-corrected chi connectivity index (χ1v) is 7.56. The molecule has 0 unspecified atom stereocenters. The van der Waals surface area contributed by atoms with Crippen LogP contribution in [0.3, 0.4) is 0 Å². The maximum atomic E-state index is 3.46. The summed E-state index contributed by atoms with van der Waals surface area (Å²) < 4.78 is 0. The fraction of sp³-hybridized carbons (Fsp3) is 1.00. The predicted molar refractivity (Wildman–Crippen MR) is 72.9 cm³/mol. The molecule has 2 N–H and O–H groups in total. The highest BCUT2D eigenvalue weighted by Gasteiger charge is 1.90. The molecule has 0 aliphatic heterocycles. The number of unbranched alkanes of at least 4 members (excludes halogenated alkanes) is 2. The van der Waals surface area contributed by atoms with Gasteiger partial charge in [-0.15, -0.1) is 0 Å². The van der Waals surface area contributed by atoms with E-state index in [2.05, 4.69) is 24.5 Å². The highest BCUT2D eigenvalue weighted by atomic mass is 32.2.